The van der Waals surface area contributed by atoms with Gasteiger partial charge in [0, 0.05) is 18.6 Å². The lowest BCUT2D eigenvalue weighted by Gasteiger charge is -2.03. The molecule has 0 aliphatic rings. The molecule has 8 nitrogen and oxygen atoms in total. The molecular weight excluding hydrogens is 282 g/mol. The Balaban J connectivity index is 1.90. The van der Waals surface area contributed by atoms with Gasteiger partial charge in [-0.15, -0.1) is 4.68 Å². The van der Waals surface area contributed by atoms with E-state index in [4.69, 9.17) is 10.5 Å². The summed E-state index contributed by atoms with van der Waals surface area (Å²) in [5, 5.41) is 9.35. The van der Waals surface area contributed by atoms with Crippen molar-refractivity contribution in [1.29, 1.82) is 0 Å². The Morgan fingerprint density at radius 3 is 3.05 bits per heavy atom. The van der Waals surface area contributed by atoms with Gasteiger partial charge < -0.3 is 9.15 Å². The predicted molar refractivity (Wildman–Crippen MR) is 70.0 cm³/mol. The van der Waals surface area contributed by atoms with Gasteiger partial charge in [0.15, 0.2) is 0 Å². The van der Waals surface area contributed by atoms with Gasteiger partial charge in [-0.05, 0) is 22.9 Å². The minimum Gasteiger partial charge on any atom is -0.465 e. The van der Waals surface area contributed by atoms with Crippen LogP contribution in [0.1, 0.15) is 12.5 Å². The Morgan fingerprint density at radius 2 is 2.40 bits per heavy atom. The van der Waals surface area contributed by atoms with E-state index in [1.807, 2.05) is 6.92 Å². The van der Waals surface area contributed by atoms with E-state index in [9.17, 15) is 4.79 Å². The third-order valence-electron chi connectivity index (χ3n) is 2.70. The smallest absolute Gasteiger partial charge is 0.370 e. The molecule has 0 unspecified atom stereocenters. The van der Waals surface area contributed by atoms with Crippen molar-refractivity contribution in [2.45, 2.75) is 13.5 Å². The zero-order chi connectivity index (χ0) is 15.0. The molecule has 0 bridgehead atoms. The van der Waals surface area contributed by atoms with Crippen LogP contribution in [-0.4, -0.2) is 24.8 Å². The lowest BCUT2D eigenvalue weighted by Crippen LogP contribution is -2.22. The molecule has 104 valence electrons. The lowest BCUT2D eigenvalue weighted by molar-refractivity contribution is 0.301. The van der Waals surface area contributed by atoms with Gasteiger partial charge in [-0.3, -0.25) is 0 Å². The first-order chi connectivity index (χ1) is 10.1. The van der Waals surface area contributed by atoms with E-state index in [0.29, 0.717) is 10.8 Å². The number of aromatic nitrogens is 5. The molecule has 0 aliphatic carbocycles. The molecular formula is C11H11N5O3S. The summed E-state index contributed by atoms with van der Waals surface area (Å²) in [5.41, 5.74) is 1.10. The molecule has 9 heteroatoms. The monoisotopic (exact) mass is 295 g/mol. The van der Waals surface area contributed by atoms with E-state index in [0.717, 1.165) is 14.9 Å². The molecule has 3 heterocycles. The van der Waals surface area contributed by atoms with Crippen molar-refractivity contribution in [3.05, 3.63) is 39.4 Å². The van der Waals surface area contributed by atoms with Crippen LogP contribution in [0, 0.1) is 6.92 Å². The number of nitrogens with zero attached hydrogens (tertiary/aromatic N) is 5. The first-order valence-corrected chi connectivity index (χ1v) is 6.55. The third-order valence-corrected chi connectivity index (χ3v) is 3.34. The molecule has 0 radical (unpaired) electrons. The van der Waals surface area contributed by atoms with Crippen LogP contribution < -0.4 is 10.4 Å². The van der Waals surface area contributed by atoms with Crippen molar-refractivity contribution >= 4 is 11.3 Å². The molecule has 3 aromatic rings. The SMILES string of the molecule is [3H]c1csc(OCc2c(C)coc2-n2nnn(C)c2=O)n1. The summed E-state index contributed by atoms with van der Waals surface area (Å²) >= 11 is 1.23. The molecule has 0 aromatic carbocycles. The van der Waals surface area contributed by atoms with E-state index in [2.05, 4.69) is 15.4 Å². The fourth-order valence-electron chi connectivity index (χ4n) is 1.63. The van der Waals surface area contributed by atoms with Gasteiger partial charge in [0.25, 0.3) is 5.19 Å². The van der Waals surface area contributed by atoms with Crippen molar-refractivity contribution in [2.24, 2.45) is 7.05 Å². The van der Waals surface area contributed by atoms with Crippen LogP contribution in [-0.2, 0) is 13.7 Å². The molecule has 3 rings (SSSR count). The molecule has 0 saturated heterocycles. The molecule has 0 atom stereocenters. The maximum Gasteiger partial charge on any atom is 0.370 e. The largest absolute Gasteiger partial charge is 0.465 e. The average Bonchev–Trinajstić information content (AvgIpc) is 3.11. The first-order valence-electron chi connectivity index (χ1n) is 6.17. The van der Waals surface area contributed by atoms with E-state index in [-0.39, 0.29) is 18.7 Å². The van der Waals surface area contributed by atoms with Crippen molar-refractivity contribution in [1.82, 2.24) is 24.8 Å². The summed E-state index contributed by atoms with van der Waals surface area (Å²) in [6, 6.07) is 0. The van der Waals surface area contributed by atoms with Crippen LogP contribution in [0.4, 0.5) is 0 Å². The summed E-state index contributed by atoms with van der Waals surface area (Å²) < 4.78 is 20.4. The summed E-state index contributed by atoms with van der Waals surface area (Å²) in [5.74, 6) is 0.272. The van der Waals surface area contributed by atoms with Crippen LogP contribution in [0.15, 0.2) is 27.0 Å². The Bertz CT molecular complexity index is 833. The predicted octanol–water partition coefficient (Wildman–Crippen LogP) is 0.903. The minimum atomic E-state index is -0.409. The first kappa shape index (κ1) is 11.4. The Morgan fingerprint density at radius 1 is 1.55 bits per heavy atom. The molecule has 0 spiro atoms. The highest BCUT2D eigenvalue weighted by Crippen LogP contribution is 2.22. The maximum atomic E-state index is 11.9. The van der Waals surface area contributed by atoms with Gasteiger partial charge in [-0.2, -0.15) is 4.68 Å². The number of furan rings is 1. The Kier molecular flexibility index (Phi) is 2.81. The normalized spacial score (nSPS) is 11.6. The van der Waals surface area contributed by atoms with Crippen molar-refractivity contribution in [3.63, 3.8) is 0 Å². The lowest BCUT2D eigenvalue weighted by atomic mass is 10.2. The van der Waals surface area contributed by atoms with Crippen LogP contribution in [0.3, 0.4) is 0 Å². The average molecular weight is 295 g/mol. The van der Waals surface area contributed by atoms with Crippen molar-refractivity contribution < 1.29 is 10.5 Å². The minimum absolute atomic E-state index is 0.157. The summed E-state index contributed by atoms with van der Waals surface area (Å²) in [6.07, 6.45) is 1.68. The molecule has 0 saturated carbocycles. The summed E-state index contributed by atoms with van der Waals surface area (Å²) in [7, 11) is 1.50. The number of aryl methyl sites for hydroxylation is 2. The Hall–Kier alpha value is -2.42. The second-order valence-electron chi connectivity index (χ2n) is 4.03. The molecule has 20 heavy (non-hydrogen) atoms. The second-order valence-corrected chi connectivity index (χ2v) is 4.85. The van der Waals surface area contributed by atoms with Gasteiger partial charge >= 0.3 is 5.69 Å². The number of thiazole rings is 1. The third kappa shape index (κ3) is 2.11. The number of tetrazole rings is 1. The molecule has 0 fully saturated rings. The fourth-order valence-corrected chi connectivity index (χ4v) is 2.07. The summed E-state index contributed by atoms with van der Waals surface area (Å²) in [4.78, 5) is 15.8. The number of hydrogen-bond donors (Lipinski definition) is 0. The van der Waals surface area contributed by atoms with E-state index >= 15 is 0 Å². The number of rotatable bonds is 4. The summed E-state index contributed by atoms with van der Waals surface area (Å²) in [6.45, 7) is 2.00. The zero-order valence-corrected chi connectivity index (χ0v) is 11.5. The number of ether oxygens (including phenoxy) is 1. The van der Waals surface area contributed by atoms with Crippen LogP contribution >= 0.6 is 11.3 Å². The molecule has 3 aromatic heterocycles. The topological polar surface area (TPSA) is 88.0 Å². The molecule has 0 N–H and O–H groups in total. The highest BCUT2D eigenvalue weighted by molar-refractivity contribution is 7.11. The van der Waals surface area contributed by atoms with Gasteiger partial charge in [0.1, 0.15) is 6.61 Å². The maximum absolute atomic E-state index is 11.9. The Labute approximate surface area is 118 Å². The quantitative estimate of drug-likeness (QED) is 0.710. The van der Waals surface area contributed by atoms with Gasteiger partial charge in [0.2, 0.25) is 5.88 Å². The van der Waals surface area contributed by atoms with Crippen LogP contribution in [0.5, 0.6) is 5.19 Å². The van der Waals surface area contributed by atoms with Crippen LogP contribution in [0.25, 0.3) is 5.88 Å². The van der Waals surface area contributed by atoms with E-state index < -0.39 is 5.69 Å². The van der Waals surface area contributed by atoms with Gasteiger partial charge in [-0.25, -0.2) is 9.78 Å². The van der Waals surface area contributed by atoms with E-state index in [1.54, 1.807) is 5.38 Å². The standard InChI is InChI=1S/C11H11N5O3S/c1-7-5-18-9(16-11(17)15(2)13-14-16)8(7)6-19-10-12-3-4-20-10/h3-5H,6H2,1-2H3/i3T. The molecule has 0 amide bonds. The van der Waals surface area contributed by atoms with Gasteiger partial charge in [-0.1, -0.05) is 11.3 Å². The van der Waals surface area contributed by atoms with Crippen LogP contribution in [0.2, 0.25) is 0 Å². The van der Waals surface area contributed by atoms with Gasteiger partial charge in [0.05, 0.1) is 13.2 Å². The number of hydrogen-bond acceptors (Lipinski definition) is 7. The van der Waals surface area contributed by atoms with E-state index in [1.165, 1.54) is 24.6 Å². The van der Waals surface area contributed by atoms with Crippen molar-refractivity contribution in [2.75, 3.05) is 0 Å². The van der Waals surface area contributed by atoms with Crippen molar-refractivity contribution in [3.8, 4) is 11.1 Å². The zero-order valence-electron chi connectivity index (χ0n) is 11.7. The highest BCUT2D eigenvalue weighted by Gasteiger charge is 2.18. The second kappa shape index (κ2) is 4.93. The molecule has 0 aliphatic heterocycles. The fraction of sp³-hybridized carbons (Fsp3) is 0.273. The highest BCUT2D eigenvalue weighted by atomic mass is 32.1.